The molecule has 1 aromatic heterocycles. The molecular formula is C9H13BrN2. The second kappa shape index (κ2) is 4.58. The molecule has 12 heavy (non-hydrogen) atoms. The Hall–Kier alpha value is -0.410. The molecule has 2 nitrogen and oxygen atoms in total. The zero-order valence-corrected chi connectivity index (χ0v) is 9.00. The zero-order valence-electron chi connectivity index (χ0n) is 7.42. The van der Waals surface area contributed by atoms with Gasteiger partial charge in [-0.1, -0.05) is 13.0 Å². The number of hydrogen-bond donors (Lipinski definition) is 0. The summed E-state index contributed by atoms with van der Waals surface area (Å²) in [5, 5.41) is 0. The first-order valence-corrected chi connectivity index (χ1v) is 4.80. The molecule has 0 aliphatic carbocycles. The average Bonchev–Trinajstić information content (AvgIpc) is 2.09. The highest BCUT2D eigenvalue weighted by Crippen LogP contribution is 2.07. The van der Waals surface area contributed by atoms with Crippen molar-refractivity contribution in [3.8, 4) is 0 Å². The number of nitrogens with zero attached hydrogens (tertiary/aromatic N) is 2. The van der Waals surface area contributed by atoms with E-state index < -0.39 is 0 Å². The minimum atomic E-state index is 0.894. The van der Waals surface area contributed by atoms with Gasteiger partial charge in [-0.3, -0.25) is 0 Å². The van der Waals surface area contributed by atoms with Crippen LogP contribution in [0.2, 0.25) is 0 Å². The van der Waals surface area contributed by atoms with Crippen LogP contribution in [0.3, 0.4) is 0 Å². The third-order valence-electron chi connectivity index (χ3n) is 1.78. The topological polar surface area (TPSA) is 16.1 Å². The van der Waals surface area contributed by atoms with E-state index in [2.05, 4.69) is 45.9 Å². The number of rotatable bonds is 3. The van der Waals surface area contributed by atoms with Gasteiger partial charge in [0, 0.05) is 12.7 Å². The van der Waals surface area contributed by atoms with Gasteiger partial charge in [0.05, 0.1) is 0 Å². The fraction of sp³-hybridized carbons (Fsp3) is 0.444. The standard InChI is InChI=1S/C9H13BrN2/c1-3-12(2)7-8-4-5-9(10)11-6-8/h4-6H,3,7H2,1-2H3. The summed E-state index contributed by atoms with van der Waals surface area (Å²) in [6, 6.07) is 4.06. The molecule has 1 heterocycles. The molecule has 0 spiro atoms. The first-order chi connectivity index (χ1) is 5.72. The lowest BCUT2D eigenvalue weighted by atomic mass is 10.3. The minimum Gasteiger partial charge on any atom is -0.302 e. The first kappa shape index (κ1) is 9.68. The number of halogens is 1. The van der Waals surface area contributed by atoms with E-state index >= 15 is 0 Å². The fourth-order valence-electron chi connectivity index (χ4n) is 0.923. The van der Waals surface area contributed by atoms with Crippen molar-refractivity contribution in [2.24, 2.45) is 0 Å². The molecular weight excluding hydrogens is 216 g/mol. The van der Waals surface area contributed by atoms with Crippen LogP contribution in [0.4, 0.5) is 0 Å². The van der Waals surface area contributed by atoms with E-state index in [-0.39, 0.29) is 0 Å². The van der Waals surface area contributed by atoms with Gasteiger partial charge in [-0.25, -0.2) is 4.98 Å². The highest BCUT2D eigenvalue weighted by Gasteiger charge is 1.97. The van der Waals surface area contributed by atoms with Crippen LogP contribution < -0.4 is 0 Å². The fourth-order valence-corrected chi connectivity index (χ4v) is 1.16. The molecule has 3 heteroatoms. The molecule has 0 radical (unpaired) electrons. The van der Waals surface area contributed by atoms with Crippen LogP contribution in [0.25, 0.3) is 0 Å². The van der Waals surface area contributed by atoms with Crippen molar-refractivity contribution in [3.05, 3.63) is 28.5 Å². The summed E-state index contributed by atoms with van der Waals surface area (Å²) < 4.78 is 0.894. The summed E-state index contributed by atoms with van der Waals surface area (Å²) in [5.74, 6) is 0. The molecule has 66 valence electrons. The molecule has 0 unspecified atom stereocenters. The molecule has 0 atom stereocenters. The SMILES string of the molecule is CCN(C)Cc1ccc(Br)nc1. The summed E-state index contributed by atoms with van der Waals surface area (Å²) in [4.78, 5) is 6.40. The van der Waals surface area contributed by atoms with Crippen LogP contribution in [0, 0.1) is 0 Å². The summed E-state index contributed by atoms with van der Waals surface area (Å²) in [5.41, 5.74) is 1.25. The van der Waals surface area contributed by atoms with Crippen molar-refractivity contribution in [3.63, 3.8) is 0 Å². The minimum absolute atomic E-state index is 0.894. The van der Waals surface area contributed by atoms with Crippen molar-refractivity contribution >= 4 is 15.9 Å². The maximum absolute atomic E-state index is 4.16. The zero-order chi connectivity index (χ0) is 8.97. The monoisotopic (exact) mass is 228 g/mol. The molecule has 0 aromatic carbocycles. The quantitative estimate of drug-likeness (QED) is 0.739. The lowest BCUT2D eigenvalue weighted by Gasteiger charge is -2.12. The predicted molar refractivity (Wildman–Crippen MR) is 53.9 cm³/mol. The second-order valence-corrected chi connectivity index (χ2v) is 3.63. The van der Waals surface area contributed by atoms with Crippen molar-refractivity contribution < 1.29 is 0 Å². The molecule has 1 aromatic rings. The Morgan fingerprint density at radius 1 is 1.50 bits per heavy atom. The number of aromatic nitrogens is 1. The van der Waals surface area contributed by atoms with E-state index in [0.29, 0.717) is 0 Å². The van der Waals surface area contributed by atoms with E-state index in [1.165, 1.54) is 5.56 Å². The number of hydrogen-bond acceptors (Lipinski definition) is 2. The van der Waals surface area contributed by atoms with Crippen LogP contribution in [-0.4, -0.2) is 23.5 Å². The molecule has 1 rings (SSSR count). The van der Waals surface area contributed by atoms with E-state index in [1.807, 2.05) is 12.3 Å². The summed E-state index contributed by atoms with van der Waals surface area (Å²) in [6.07, 6.45) is 1.90. The molecule has 0 N–H and O–H groups in total. The Labute approximate surface area is 81.7 Å². The highest BCUT2D eigenvalue weighted by atomic mass is 79.9. The highest BCUT2D eigenvalue weighted by molar-refractivity contribution is 9.10. The molecule has 0 saturated heterocycles. The Bertz CT molecular complexity index is 233. The first-order valence-electron chi connectivity index (χ1n) is 4.01. The van der Waals surface area contributed by atoms with Gasteiger partial charge in [0.1, 0.15) is 4.60 Å². The maximum atomic E-state index is 4.16. The summed E-state index contributed by atoms with van der Waals surface area (Å²) in [6.45, 7) is 4.18. The van der Waals surface area contributed by atoms with Gasteiger partial charge in [0.2, 0.25) is 0 Å². The number of pyridine rings is 1. The molecule has 0 bridgehead atoms. The van der Waals surface area contributed by atoms with Crippen LogP contribution >= 0.6 is 15.9 Å². The van der Waals surface area contributed by atoms with Crippen molar-refractivity contribution in [2.75, 3.05) is 13.6 Å². The maximum Gasteiger partial charge on any atom is 0.106 e. The summed E-state index contributed by atoms with van der Waals surface area (Å²) in [7, 11) is 2.10. The summed E-state index contributed by atoms with van der Waals surface area (Å²) >= 11 is 3.30. The lowest BCUT2D eigenvalue weighted by Crippen LogP contribution is -2.16. The van der Waals surface area contributed by atoms with Crippen molar-refractivity contribution in [1.29, 1.82) is 0 Å². The smallest absolute Gasteiger partial charge is 0.106 e. The Balaban J connectivity index is 2.58. The van der Waals surface area contributed by atoms with Crippen molar-refractivity contribution in [1.82, 2.24) is 9.88 Å². The molecule has 0 amide bonds. The van der Waals surface area contributed by atoms with Crippen LogP contribution in [-0.2, 0) is 6.54 Å². The normalized spacial score (nSPS) is 10.7. The predicted octanol–water partition coefficient (Wildman–Crippen LogP) is 2.30. The third-order valence-corrected chi connectivity index (χ3v) is 2.25. The van der Waals surface area contributed by atoms with Gasteiger partial charge in [-0.15, -0.1) is 0 Å². The van der Waals surface area contributed by atoms with Gasteiger partial charge in [-0.2, -0.15) is 0 Å². The van der Waals surface area contributed by atoms with Gasteiger partial charge in [-0.05, 0) is 41.2 Å². The Morgan fingerprint density at radius 3 is 2.75 bits per heavy atom. The van der Waals surface area contributed by atoms with Crippen LogP contribution in [0.1, 0.15) is 12.5 Å². The third kappa shape index (κ3) is 2.91. The largest absolute Gasteiger partial charge is 0.302 e. The lowest BCUT2D eigenvalue weighted by molar-refractivity contribution is 0.345. The van der Waals surface area contributed by atoms with E-state index in [9.17, 15) is 0 Å². The average molecular weight is 229 g/mol. The molecule has 0 fully saturated rings. The van der Waals surface area contributed by atoms with E-state index in [4.69, 9.17) is 0 Å². The van der Waals surface area contributed by atoms with Gasteiger partial charge >= 0.3 is 0 Å². The molecule has 0 saturated carbocycles. The van der Waals surface area contributed by atoms with E-state index in [0.717, 1.165) is 17.7 Å². The van der Waals surface area contributed by atoms with Gasteiger partial charge < -0.3 is 4.90 Å². The Kier molecular flexibility index (Phi) is 3.69. The Morgan fingerprint density at radius 2 is 2.25 bits per heavy atom. The van der Waals surface area contributed by atoms with Gasteiger partial charge in [0.15, 0.2) is 0 Å². The van der Waals surface area contributed by atoms with Crippen molar-refractivity contribution in [2.45, 2.75) is 13.5 Å². The van der Waals surface area contributed by atoms with Crippen LogP contribution in [0.15, 0.2) is 22.9 Å². The molecule has 0 aliphatic heterocycles. The van der Waals surface area contributed by atoms with E-state index in [1.54, 1.807) is 0 Å². The van der Waals surface area contributed by atoms with Gasteiger partial charge in [0.25, 0.3) is 0 Å². The molecule has 0 aliphatic rings. The van der Waals surface area contributed by atoms with Crippen LogP contribution in [0.5, 0.6) is 0 Å². The second-order valence-electron chi connectivity index (χ2n) is 2.82.